The first-order chi connectivity index (χ1) is 11.5. The number of nitrogens with one attached hydrogen (secondary N) is 1. The van der Waals surface area contributed by atoms with Crippen molar-refractivity contribution in [1.82, 2.24) is 20.4 Å². The molecular formula is C16H18F2N4O2. The van der Waals surface area contributed by atoms with Crippen LogP contribution in [0.4, 0.5) is 13.6 Å². The number of benzene rings is 1. The number of aryl methyl sites for hydroxylation is 1. The summed E-state index contributed by atoms with van der Waals surface area (Å²) in [4.78, 5) is 18.0. The van der Waals surface area contributed by atoms with Crippen molar-refractivity contribution in [3.05, 3.63) is 46.6 Å². The molecule has 0 radical (unpaired) electrons. The van der Waals surface area contributed by atoms with Gasteiger partial charge in [-0.25, -0.2) is 13.6 Å². The molecule has 0 aliphatic carbocycles. The Morgan fingerprint density at radius 3 is 2.71 bits per heavy atom. The second kappa shape index (κ2) is 6.54. The van der Waals surface area contributed by atoms with Crippen molar-refractivity contribution in [3.63, 3.8) is 0 Å². The summed E-state index contributed by atoms with van der Waals surface area (Å²) in [5.74, 6) is -0.106. The summed E-state index contributed by atoms with van der Waals surface area (Å²) in [6.45, 7) is 3.91. The van der Waals surface area contributed by atoms with Gasteiger partial charge in [-0.15, -0.1) is 0 Å². The number of hydrogen-bond acceptors (Lipinski definition) is 4. The van der Waals surface area contributed by atoms with Crippen LogP contribution >= 0.6 is 0 Å². The van der Waals surface area contributed by atoms with E-state index in [1.54, 1.807) is 6.92 Å². The van der Waals surface area contributed by atoms with Gasteiger partial charge < -0.3 is 14.7 Å². The molecule has 0 saturated carbocycles. The molecule has 2 amide bonds. The van der Waals surface area contributed by atoms with Gasteiger partial charge in [0.1, 0.15) is 11.6 Å². The lowest BCUT2D eigenvalue weighted by Gasteiger charge is -2.30. The van der Waals surface area contributed by atoms with Crippen molar-refractivity contribution >= 4 is 6.03 Å². The van der Waals surface area contributed by atoms with Crippen LogP contribution in [-0.2, 0) is 13.0 Å². The predicted octanol–water partition coefficient (Wildman–Crippen LogP) is 2.88. The molecule has 1 aliphatic heterocycles. The van der Waals surface area contributed by atoms with Gasteiger partial charge in [-0.2, -0.15) is 4.98 Å². The van der Waals surface area contributed by atoms with Gasteiger partial charge in [0.2, 0.25) is 5.89 Å². The van der Waals surface area contributed by atoms with Crippen LogP contribution in [0.5, 0.6) is 0 Å². The Morgan fingerprint density at radius 1 is 1.38 bits per heavy atom. The first-order valence-electron chi connectivity index (χ1n) is 7.81. The fourth-order valence-electron chi connectivity index (χ4n) is 2.81. The number of carbonyl (C=O) groups is 1. The third-order valence-electron chi connectivity index (χ3n) is 4.15. The molecule has 1 aromatic heterocycles. The molecule has 1 aromatic carbocycles. The number of halogens is 2. The summed E-state index contributed by atoms with van der Waals surface area (Å²) in [6, 6.07) is 1.45. The van der Waals surface area contributed by atoms with Gasteiger partial charge in [0.05, 0.1) is 12.6 Å². The quantitative estimate of drug-likeness (QED) is 0.935. The maximum Gasteiger partial charge on any atom is 0.318 e. The first-order valence-corrected chi connectivity index (χ1v) is 7.81. The lowest BCUT2D eigenvalue weighted by Crippen LogP contribution is -2.44. The highest BCUT2D eigenvalue weighted by molar-refractivity contribution is 5.75. The molecule has 0 fully saturated rings. The molecule has 0 bridgehead atoms. The van der Waals surface area contributed by atoms with Crippen molar-refractivity contribution in [1.29, 1.82) is 0 Å². The molecule has 8 heteroatoms. The Hall–Kier alpha value is -2.51. The summed E-state index contributed by atoms with van der Waals surface area (Å²) in [6.07, 6.45) is 0.864. The summed E-state index contributed by atoms with van der Waals surface area (Å²) >= 11 is 0. The minimum Gasteiger partial charge on any atom is -0.340 e. The Bertz CT molecular complexity index is 763. The van der Waals surface area contributed by atoms with E-state index in [0.717, 1.165) is 12.1 Å². The zero-order valence-corrected chi connectivity index (χ0v) is 13.5. The van der Waals surface area contributed by atoms with Crippen LogP contribution in [0.25, 0.3) is 0 Å². The molecule has 128 valence electrons. The second-order valence-corrected chi connectivity index (χ2v) is 5.74. The molecule has 0 spiro atoms. The van der Waals surface area contributed by atoms with Crippen LogP contribution in [0.2, 0.25) is 0 Å². The minimum atomic E-state index is -0.496. The van der Waals surface area contributed by atoms with E-state index >= 15 is 0 Å². The van der Waals surface area contributed by atoms with Crippen molar-refractivity contribution in [2.24, 2.45) is 0 Å². The highest BCUT2D eigenvalue weighted by Gasteiger charge is 2.27. The standard InChI is InChI=1S/C16H18F2N4O2/c1-3-14(15-19-9(2)24-21-15)20-16(23)22-7-6-10-11(8-22)13(18)5-4-12(10)17/h4-5,14H,3,6-8H2,1-2H3,(H,20,23). The minimum absolute atomic E-state index is 0.0342. The largest absolute Gasteiger partial charge is 0.340 e. The fraction of sp³-hybridized carbons (Fsp3) is 0.438. The molecule has 1 aliphatic rings. The van der Waals surface area contributed by atoms with E-state index in [4.69, 9.17) is 4.52 Å². The molecule has 2 aromatic rings. The van der Waals surface area contributed by atoms with E-state index in [0.29, 0.717) is 30.2 Å². The maximum atomic E-state index is 13.9. The number of amides is 2. The van der Waals surface area contributed by atoms with E-state index in [1.165, 1.54) is 4.90 Å². The third kappa shape index (κ3) is 3.08. The van der Waals surface area contributed by atoms with Gasteiger partial charge in [0.15, 0.2) is 5.82 Å². The van der Waals surface area contributed by atoms with Gasteiger partial charge in [-0.3, -0.25) is 0 Å². The van der Waals surface area contributed by atoms with Crippen molar-refractivity contribution in [2.45, 2.75) is 39.3 Å². The number of hydrogen-bond donors (Lipinski definition) is 1. The van der Waals surface area contributed by atoms with E-state index < -0.39 is 17.7 Å². The number of carbonyl (C=O) groups excluding carboxylic acids is 1. The highest BCUT2D eigenvalue weighted by Crippen LogP contribution is 2.25. The van der Waals surface area contributed by atoms with Gasteiger partial charge in [0, 0.05) is 19.0 Å². The number of aromatic nitrogens is 2. The maximum absolute atomic E-state index is 13.9. The number of urea groups is 1. The Morgan fingerprint density at radius 2 is 2.08 bits per heavy atom. The van der Waals surface area contributed by atoms with E-state index in [-0.39, 0.29) is 24.6 Å². The monoisotopic (exact) mass is 336 g/mol. The molecule has 2 heterocycles. The molecule has 1 N–H and O–H groups in total. The smallest absolute Gasteiger partial charge is 0.318 e. The SMILES string of the molecule is CCC(NC(=O)N1CCc2c(F)ccc(F)c2C1)c1noc(C)n1. The van der Waals surface area contributed by atoms with E-state index in [2.05, 4.69) is 15.5 Å². The number of rotatable bonds is 3. The summed E-state index contributed by atoms with van der Waals surface area (Å²) in [7, 11) is 0. The Labute approximate surface area is 137 Å². The second-order valence-electron chi connectivity index (χ2n) is 5.74. The zero-order valence-electron chi connectivity index (χ0n) is 13.5. The molecule has 1 atom stereocenters. The number of nitrogens with zero attached hydrogens (tertiary/aromatic N) is 3. The summed E-state index contributed by atoms with van der Waals surface area (Å²) in [5.41, 5.74) is 0.583. The normalized spacial score (nSPS) is 15.1. The third-order valence-corrected chi connectivity index (χ3v) is 4.15. The molecule has 6 nitrogen and oxygen atoms in total. The van der Waals surface area contributed by atoms with Gasteiger partial charge in [0.25, 0.3) is 0 Å². The molecule has 3 rings (SSSR count). The topological polar surface area (TPSA) is 71.3 Å². The lowest BCUT2D eigenvalue weighted by molar-refractivity contribution is 0.185. The van der Waals surface area contributed by atoms with Gasteiger partial charge >= 0.3 is 6.03 Å². The van der Waals surface area contributed by atoms with Crippen LogP contribution in [0.15, 0.2) is 16.7 Å². The first kappa shape index (κ1) is 16.4. The lowest BCUT2D eigenvalue weighted by atomic mass is 9.99. The van der Waals surface area contributed by atoms with E-state index in [9.17, 15) is 13.6 Å². The van der Waals surface area contributed by atoms with E-state index in [1.807, 2.05) is 6.92 Å². The average Bonchev–Trinajstić information content (AvgIpc) is 3.01. The Balaban J connectivity index is 1.73. The van der Waals surface area contributed by atoms with Crippen LogP contribution in [0.1, 0.15) is 42.2 Å². The van der Waals surface area contributed by atoms with Gasteiger partial charge in [-0.05, 0) is 30.5 Å². The zero-order chi connectivity index (χ0) is 17.3. The number of fused-ring (bicyclic) bond motifs is 1. The van der Waals surface area contributed by atoms with Crippen LogP contribution < -0.4 is 5.32 Å². The molecule has 1 unspecified atom stereocenters. The van der Waals surface area contributed by atoms with Crippen LogP contribution in [-0.4, -0.2) is 27.6 Å². The average molecular weight is 336 g/mol. The predicted molar refractivity (Wildman–Crippen MR) is 81.1 cm³/mol. The fourth-order valence-corrected chi connectivity index (χ4v) is 2.81. The van der Waals surface area contributed by atoms with Gasteiger partial charge in [-0.1, -0.05) is 12.1 Å². The Kier molecular flexibility index (Phi) is 4.46. The molecule has 24 heavy (non-hydrogen) atoms. The van der Waals surface area contributed by atoms with Crippen LogP contribution in [0.3, 0.4) is 0 Å². The van der Waals surface area contributed by atoms with Crippen LogP contribution in [0, 0.1) is 18.6 Å². The highest BCUT2D eigenvalue weighted by atomic mass is 19.1. The summed E-state index contributed by atoms with van der Waals surface area (Å²) in [5, 5.41) is 6.63. The summed E-state index contributed by atoms with van der Waals surface area (Å²) < 4.78 is 32.6. The van der Waals surface area contributed by atoms with Crippen molar-refractivity contribution in [2.75, 3.05) is 6.54 Å². The van der Waals surface area contributed by atoms with Crippen molar-refractivity contribution < 1.29 is 18.1 Å². The molecule has 0 saturated heterocycles. The van der Waals surface area contributed by atoms with Crippen molar-refractivity contribution in [3.8, 4) is 0 Å². The molecular weight excluding hydrogens is 318 g/mol.